The van der Waals surface area contributed by atoms with Gasteiger partial charge in [-0.15, -0.1) is 0 Å². The predicted octanol–water partition coefficient (Wildman–Crippen LogP) is 3.21. The normalized spacial score (nSPS) is 17.6. The Morgan fingerprint density at radius 2 is 2.20 bits per heavy atom. The van der Waals surface area contributed by atoms with Crippen LogP contribution in [-0.2, 0) is 11.8 Å². The molecule has 1 amide bonds. The lowest BCUT2D eigenvalue weighted by Crippen LogP contribution is -2.36. The summed E-state index contributed by atoms with van der Waals surface area (Å²) < 4.78 is 1.79. The molecule has 8 heteroatoms. The molecule has 164 valence electrons. The summed E-state index contributed by atoms with van der Waals surface area (Å²) in [7, 11) is 1.90. The molecule has 0 aliphatic carbocycles. The van der Waals surface area contributed by atoms with Gasteiger partial charge in [-0.25, -0.2) is 9.97 Å². The molecule has 8 nitrogen and oxygen atoms in total. The van der Waals surface area contributed by atoms with Crippen LogP contribution in [0.4, 0.5) is 11.6 Å². The predicted molar refractivity (Wildman–Crippen MR) is 119 cm³/mol. The van der Waals surface area contributed by atoms with Crippen molar-refractivity contribution < 1.29 is 4.79 Å². The number of hydrogen-bond acceptors (Lipinski definition) is 6. The number of anilines is 2. The van der Waals surface area contributed by atoms with Gasteiger partial charge in [-0.05, 0) is 45.4 Å². The molecule has 1 saturated heterocycles. The van der Waals surface area contributed by atoms with Gasteiger partial charge in [0.1, 0.15) is 18.0 Å². The minimum absolute atomic E-state index is 0.0240. The van der Waals surface area contributed by atoms with Gasteiger partial charge >= 0.3 is 0 Å². The van der Waals surface area contributed by atoms with Crippen molar-refractivity contribution >= 4 is 17.5 Å². The van der Waals surface area contributed by atoms with E-state index in [4.69, 9.17) is 0 Å². The highest BCUT2D eigenvalue weighted by atomic mass is 16.1. The van der Waals surface area contributed by atoms with E-state index in [1.807, 2.05) is 33.2 Å². The first-order valence-electron chi connectivity index (χ1n) is 11.1. The summed E-state index contributed by atoms with van der Waals surface area (Å²) in [5.74, 6) is 2.46. The van der Waals surface area contributed by atoms with Crippen molar-refractivity contribution in [2.24, 2.45) is 13.0 Å². The molecule has 2 atom stereocenters. The van der Waals surface area contributed by atoms with Gasteiger partial charge in [0.25, 0.3) is 0 Å². The minimum atomic E-state index is -0.0240. The summed E-state index contributed by atoms with van der Waals surface area (Å²) >= 11 is 0. The Hall–Kier alpha value is -2.64. The zero-order valence-corrected chi connectivity index (χ0v) is 18.7. The highest BCUT2D eigenvalue weighted by Gasteiger charge is 2.22. The number of carbonyl (C=O) groups is 1. The van der Waals surface area contributed by atoms with E-state index in [0.29, 0.717) is 12.3 Å². The second-order valence-electron chi connectivity index (χ2n) is 8.31. The van der Waals surface area contributed by atoms with Gasteiger partial charge in [-0.3, -0.25) is 9.48 Å². The molecule has 2 unspecified atom stereocenters. The number of hydrogen-bond donors (Lipinski definition) is 2. The van der Waals surface area contributed by atoms with Crippen molar-refractivity contribution in [1.29, 1.82) is 0 Å². The third-order valence-corrected chi connectivity index (χ3v) is 5.73. The average Bonchev–Trinajstić information content (AvgIpc) is 3.09. The van der Waals surface area contributed by atoms with Crippen LogP contribution in [0.15, 0.2) is 18.6 Å². The summed E-state index contributed by atoms with van der Waals surface area (Å²) in [4.78, 5) is 23.6. The van der Waals surface area contributed by atoms with Crippen molar-refractivity contribution in [3.05, 3.63) is 29.8 Å². The summed E-state index contributed by atoms with van der Waals surface area (Å²) in [5, 5.41) is 10.8. The smallest absolute Gasteiger partial charge is 0.220 e. The molecule has 3 rings (SSSR count). The Kier molecular flexibility index (Phi) is 7.65. The fourth-order valence-corrected chi connectivity index (χ4v) is 4.15. The molecule has 1 aliphatic heterocycles. The van der Waals surface area contributed by atoms with E-state index in [2.05, 4.69) is 37.5 Å². The molecule has 1 aliphatic rings. The van der Waals surface area contributed by atoms with Crippen LogP contribution in [0.5, 0.6) is 0 Å². The molecule has 0 radical (unpaired) electrons. The van der Waals surface area contributed by atoms with Gasteiger partial charge < -0.3 is 15.5 Å². The molecule has 2 N–H and O–H groups in total. The van der Waals surface area contributed by atoms with Gasteiger partial charge in [0.15, 0.2) is 0 Å². The first-order valence-corrected chi connectivity index (χ1v) is 11.1. The minimum Gasteiger partial charge on any atom is -0.370 e. The van der Waals surface area contributed by atoms with E-state index in [9.17, 15) is 4.79 Å². The standard InChI is InChI=1S/C22H35N7O/c1-5-10-23-20-12-21(25-15-24-20)29-11-6-7-18(13-29)8-9-22(30)26-16(2)19-14-28(4)27-17(19)3/h12,14-16,18H,5-11,13H2,1-4H3,(H,26,30)(H,23,24,25). The molecule has 2 aromatic heterocycles. The SMILES string of the molecule is CCCNc1cc(N2CCCC(CCC(=O)NC(C)c3cn(C)nc3C)C2)ncn1. The number of nitrogens with one attached hydrogen (secondary N) is 2. The summed E-state index contributed by atoms with van der Waals surface area (Å²) in [6.45, 7) is 8.98. The van der Waals surface area contributed by atoms with E-state index in [1.165, 1.54) is 0 Å². The van der Waals surface area contributed by atoms with Crippen LogP contribution in [0.1, 0.15) is 63.3 Å². The highest BCUT2D eigenvalue weighted by molar-refractivity contribution is 5.76. The zero-order valence-electron chi connectivity index (χ0n) is 18.7. The summed E-state index contributed by atoms with van der Waals surface area (Å²) in [6, 6.07) is 2.01. The Balaban J connectivity index is 1.49. The highest BCUT2D eigenvalue weighted by Crippen LogP contribution is 2.26. The Morgan fingerprint density at radius 1 is 1.37 bits per heavy atom. The molecule has 0 saturated carbocycles. The van der Waals surface area contributed by atoms with Crippen LogP contribution in [0, 0.1) is 12.8 Å². The molecule has 1 fully saturated rings. The molecule has 2 aromatic rings. The molecule has 0 bridgehead atoms. The Bertz CT molecular complexity index is 835. The van der Waals surface area contributed by atoms with Crippen LogP contribution in [-0.4, -0.2) is 45.3 Å². The number of nitrogens with zero attached hydrogens (tertiary/aromatic N) is 5. The van der Waals surface area contributed by atoms with Crippen molar-refractivity contribution in [2.45, 2.75) is 58.9 Å². The van der Waals surface area contributed by atoms with Crippen molar-refractivity contribution in [1.82, 2.24) is 25.1 Å². The summed E-state index contributed by atoms with van der Waals surface area (Å²) in [6.07, 6.45) is 8.40. The molecule has 3 heterocycles. The molecule has 0 aromatic carbocycles. The summed E-state index contributed by atoms with van der Waals surface area (Å²) in [5.41, 5.74) is 2.04. The Labute approximate surface area is 179 Å². The van der Waals surface area contributed by atoms with E-state index in [-0.39, 0.29) is 11.9 Å². The van der Waals surface area contributed by atoms with Gasteiger partial charge in [0, 0.05) is 50.9 Å². The monoisotopic (exact) mass is 413 g/mol. The van der Waals surface area contributed by atoms with Gasteiger partial charge in [0.2, 0.25) is 5.91 Å². The number of rotatable bonds is 9. The Morgan fingerprint density at radius 3 is 2.93 bits per heavy atom. The molecular formula is C22H35N7O. The van der Waals surface area contributed by atoms with E-state index >= 15 is 0 Å². The average molecular weight is 414 g/mol. The van der Waals surface area contributed by atoms with Gasteiger partial charge in [-0.2, -0.15) is 5.10 Å². The zero-order chi connectivity index (χ0) is 21.5. The number of amides is 1. The molecule has 30 heavy (non-hydrogen) atoms. The van der Waals surface area contributed by atoms with Crippen LogP contribution in [0.25, 0.3) is 0 Å². The maximum Gasteiger partial charge on any atom is 0.220 e. The van der Waals surface area contributed by atoms with Crippen molar-refractivity contribution in [3.63, 3.8) is 0 Å². The van der Waals surface area contributed by atoms with Gasteiger partial charge in [-0.1, -0.05) is 6.92 Å². The van der Waals surface area contributed by atoms with Crippen molar-refractivity contribution in [2.75, 3.05) is 29.9 Å². The molecule has 0 spiro atoms. The number of aryl methyl sites for hydroxylation is 2. The third kappa shape index (κ3) is 5.93. The maximum absolute atomic E-state index is 12.5. The quantitative estimate of drug-likeness (QED) is 0.656. The van der Waals surface area contributed by atoms with E-state index in [1.54, 1.807) is 11.0 Å². The van der Waals surface area contributed by atoms with Crippen LogP contribution < -0.4 is 15.5 Å². The van der Waals surface area contributed by atoms with E-state index in [0.717, 1.165) is 68.2 Å². The van der Waals surface area contributed by atoms with Crippen LogP contribution in [0.2, 0.25) is 0 Å². The lowest BCUT2D eigenvalue weighted by molar-refractivity contribution is -0.122. The second kappa shape index (κ2) is 10.4. The fourth-order valence-electron chi connectivity index (χ4n) is 4.15. The van der Waals surface area contributed by atoms with Crippen molar-refractivity contribution in [3.8, 4) is 0 Å². The largest absolute Gasteiger partial charge is 0.370 e. The number of aromatic nitrogens is 4. The first-order chi connectivity index (χ1) is 14.5. The topological polar surface area (TPSA) is 88.0 Å². The van der Waals surface area contributed by atoms with Crippen LogP contribution >= 0.6 is 0 Å². The van der Waals surface area contributed by atoms with Gasteiger partial charge in [0.05, 0.1) is 11.7 Å². The fraction of sp³-hybridized carbons (Fsp3) is 0.636. The van der Waals surface area contributed by atoms with Crippen LogP contribution in [0.3, 0.4) is 0 Å². The molecular weight excluding hydrogens is 378 g/mol. The lowest BCUT2D eigenvalue weighted by Gasteiger charge is -2.33. The number of carbonyl (C=O) groups excluding carboxylic acids is 1. The van der Waals surface area contributed by atoms with E-state index < -0.39 is 0 Å². The second-order valence-corrected chi connectivity index (χ2v) is 8.31. The third-order valence-electron chi connectivity index (χ3n) is 5.73. The maximum atomic E-state index is 12.5. The lowest BCUT2D eigenvalue weighted by atomic mass is 9.93. The first kappa shape index (κ1) is 22.1. The number of piperidine rings is 1.